The lowest BCUT2D eigenvalue weighted by Crippen LogP contribution is -2.43. The molecule has 5 rings (SSSR count). The Balaban J connectivity index is 1.44. The van der Waals surface area contributed by atoms with Crippen LogP contribution >= 0.6 is 34.4 Å². The summed E-state index contributed by atoms with van der Waals surface area (Å²) in [7, 11) is 0. The van der Waals surface area contributed by atoms with Gasteiger partial charge in [-0.1, -0.05) is 30.0 Å². The number of hydrogen-bond donors (Lipinski definition) is 1. The first-order valence-corrected chi connectivity index (χ1v) is 12.7. The smallest absolute Gasteiger partial charge is 0.263 e. The Morgan fingerprint density at radius 1 is 1.19 bits per heavy atom. The maximum absolute atomic E-state index is 13.3. The highest BCUT2D eigenvalue weighted by atomic mass is 32.2. The van der Waals surface area contributed by atoms with Crippen molar-refractivity contribution in [2.75, 3.05) is 22.5 Å². The van der Waals surface area contributed by atoms with Crippen LogP contribution in [0.3, 0.4) is 0 Å². The van der Waals surface area contributed by atoms with E-state index in [0.717, 1.165) is 10.4 Å². The second-order valence-electron chi connectivity index (χ2n) is 7.08. The molecule has 0 bridgehead atoms. The van der Waals surface area contributed by atoms with Crippen LogP contribution in [0.5, 0.6) is 0 Å². The van der Waals surface area contributed by atoms with Gasteiger partial charge in [0.25, 0.3) is 5.56 Å². The van der Waals surface area contributed by atoms with Crippen molar-refractivity contribution in [2.24, 2.45) is 0 Å². The van der Waals surface area contributed by atoms with Crippen molar-refractivity contribution >= 4 is 67.8 Å². The van der Waals surface area contributed by atoms with Gasteiger partial charge in [0.15, 0.2) is 5.16 Å². The second kappa shape index (κ2) is 8.53. The molecular formula is C22H18N4O3S3. The third-order valence-electron chi connectivity index (χ3n) is 5.16. The number of thioether (sulfide) groups is 1. The minimum Gasteiger partial charge on any atom is -0.323 e. The Morgan fingerprint density at radius 3 is 2.81 bits per heavy atom. The molecule has 7 nitrogen and oxygen atoms in total. The van der Waals surface area contributed by atoms with E-state index in [2.05, 4.69) is 5.32 Å². The molecule has 10 heteroatoms. The van der Waals surface area contributed by atoms with Crippen molar-refractivity contribution in [3.8, 4) is 10.4 Å². The van der Waals surface area contributed by atoms with Crippen molar-refractivity contribution in [3.05, 3.63) is 57.5 Å². The van der Waals surface area contributed by atoms with Crippen LogP contribution in [0.4, 0.5) is 11.4 Å². The Bertz CT molecular complexity index is 1390. The zero-order valence-electron chi connectivity index (χ0n) is 17.0. The highest BCUT2D eigenvalue weighted by molar-refractivity contribution is 7.99. The number of benzene rings is 1. The fourth-order valence-electron chi connectivity index (χ4n) is 3.67. The van der Waals surface area contributed by atoms with E-state index in [1.165, 1.54) is 28.0 Å². The first-order valence-electron chi connectivity index (χ1n) is 9.94. The fraction of sp³-hybridized carbons (Fsp3) is 0.182. The monoisotopic (exact) mass is 482 g/mol. The van der Waals surface area contributed by atoms with Crippen molar-refractivity contribution in [2.45, 2.75) is 18.6 Å². The van der Waals surface area contributed by atoms with Gasteiger partial charge in [-0.15, -0.1) is 22.7 Å². The van der Waals surface area contributed by atoms with Gasteiger partial charge in [0, 0.05) is 22.4 Å². The van der Waals surface area contributed by atoms with Crippen molar-refractivity contribution < 1.29 is 9.59 Å². The molecule has 1 aliphatic rings. The minimum absolute atomic E-state index is 0.0292. The molecule has 1 aliphatic heterocycles. The average molecular weight is 483 g/mol. The van der Waals surface area contributed by atoms with Crippen LogP contribution in [0, 0.1) is 0 Å². The summed E-state index contributed by atoms with van der Waals surface area (Å²) in [4.78, 5) is 46.2. The fourth-order valence-corrected chi connectivity index (χ4v) is 6.41. The first kappa shape index (κ1) is 20.9. The molecule has 0 radical (unpaired) electrons. The molecule has 4 heterocycles. The van der Waals surface area contributed by atoms with E-state index in [0.29, 0.717) is 33.3 Å². The molecule has 0 unspecified atom stereocenters. The lowest BCUT2D eigenvalue weighted by atomic mass is 10.2. The average Bonchev–Trinajstić information content (AvgIpc) is 3.46. The van der Waals surface area contributed by atoms with Gasteiger partial charge in [-0.3, -0.25) is 19.0 Å². The summed E-state index contributed by atoms with van der Waals surface area (Å²) in [6, 6.07) is 11.2. The van der Waals surface area contributed by atoms with E-state index in [9.17, 15) is 14.4 Å². The van der Waals surface area contributed by atoms with E-state index in [1.54, 1.807) is 28.0 Å². The summed E-state index contributed by atoms with van der Waals surface area (Å²) < 4.78 is 1.61. The summed E-state index contributed by atoms with van der Waals surface area (Å²) in [6.07, 6.45) is 0. The summed E-state index contributed by atoms with van der Waals surface area (Å²) in [5, 5.41) is 7.86. The normalized spacial score (nSPS) is 13.3. The Hall–Kier alpha value is -2.95. The predicted molar refractivity (Wildman–Crippen MR) is 131 cm³/mol. The number of rotatable bonds is 5. The summed E-state index contributed by atoms with van der Waals surface area (Å²) in [5.74, 6) is -0.366. The van der Waals surface area contributed by atoms with Crippen LogP contribution in [-0.2, 0) is 16.1 Å². The number of nitrogens with zero attached hydrogens (tertiary/aromatic N) is 3. The Morgan fingerprint density at radius 2 is 2.03 bits per heavy atom. The highest BCUT2D eigenvalue weighted by Gasteiger charge is 2.27. The number of carbonyl (C=O) groups is 2. The molecule has 0 aliphatic carbocycles. The molecule has 0 spiro atoms. The molecule has 0 atom stereocenters. The molecule has 0 saturated carbocycles. The van der Waals surface area contributed by atoms with Gasteiger partial charge >= 0.3 is 0 Å². The summed E-state index contributed by atoms with van der Waals surface area (Å²) in [5.41, 5.74) is 2.10. The highest BCUT2D eigenvalue weighted by Crippen LogP contribution is 2.35. The summed E-state index contributed by atoms with van der Waals surface area (Å²) >= 11 is 4.25. The van der Waals surface area contributed by atoms with Crippen LogP contribution in [0.1, 0.15) is 6.92 Å². The standard InChI is InChI=1S/C22H18N4O3S3/c1-2-25-21(29)19-13(16-8-5-9-30-16)11-31-20(19)24-22(25)32-12-18(28)26-10-17(27)23-14-6-3-4-7-15(14)26/h3-9,11H,2,10,12H2,1H3,(H,23,27). The molecule has 3 aromatic heterocycles. The van der Waals surface area contributed by atoms with Gasteiger partial charge in [-0.05, 0) is 30.5 Å². The van der Waals surface area contributed by atoms with Gasteiger partial charge in [0.1, 0.15) is 11.4 Å². The van der Waals surface area contributed by atoms with E-state index in [4.69, 9.17) is 4.98 Å². The SMILES string of the molecule is CCn1c(SCC(=O)N2CC(=O)Nc3ccccc32)nc2scc(-c3cccs3)c2c1=O. The van der Waals surface area contributed by atoms with Crippen LogP contribution in [-0.4, -0.2) is 33.7 Å². The van der Waals surface area contributed by atoms with Gasteiger partial charge in [-0.25, -0.2) is 4.98 Å². The van der Waals surface area contributed by atoms with Crippen molar-refractivity contribution in [3.63, 3.8) is 0 Å². The Kier molecular flexibility index (Phi) is 5.58. The second-order valence-corrected chi connectivity index (χ2v) is 9.83. The third kappa shape index (κ3) is 3.64. The number of hydrogen-bond acceptors (Lipinski definition) is 7. The number of fused-ring (bicyclic) bond motifs is 2. The number of thiophene rings is 2. The van der Waals surface area contributed by atoms with Crippen molar-refractivity contribution in [1.82, 2.24) is 9.55 Å². The molecule has 162 valence electrons. The van der Waals surface area contributed by atoms with E-state index >= 15 is 0 Å². The van der Waals surface area contributed by atoms with Gasteiger partial charge < -0.3 is 10.2 Å². The quantitative estimate of drug-likeness (QED) is 0.339. The number of para-hydroxylation sites is 2. The molecule has 1 aromatic carbocycles. The van der Waals surface area contributed by atoms with Gasteiger partial charge in [-0.2, -0.15) is 0 Å². The van der Waals surface area contributed by atoms with Gasteiger partial charge in [0.2, 0.25) is 11.8 Å². The Labute approximate surface area is 195 Å². The largest absolute Gasteiger partial charge is 0.323 e. The number of aromatic nitrogens is 2. The molecule has 32 heavy (non-hydrogen) atoms. The van der Waals surface area contributed by atoms with Gasteiger partial charge in [0.05, 0.1) is 22.5 Å². The number of nitrogens with one attached hydrogen (secondary N) is 1. The zero-order chi connectivity index (χ0) is 22.2. The lowest BCUT2D eigenvalue weighted by Gasteiger charge is -2.29. The molecule has 4 aromatic rings. The lowest BCUT2D eigenvalue weighted by molar-refractivity contribution is -0.120. The van der Waals surface area contributed by atoms with E-state index in [1.807, 2.05) is 41.9 Å². The van der Waals surface area contributed by atoms with Crippen LogP contribution < -0.4 is 15.8 Å². The van der Waals surface area contributed by atoms with E-state index in [-0.39, 0.29) is 29.7 Å². The maximum Gasteiger partial charge on any atom is 0.263 e. The molecule has 0 fully saturated rings. The molecule has 2 amide bonds. The minimum atomic E-state index is -0.230. The number of carbonyl (C=O) groups excluding carboxylic acids is 2. The number of amides is 2. The third-order valence-corrected chi connectivity index (χ3v) is 7.89. The maximum atomic E-state index is 13.3. The van der Waals surface area contributed by atoms with Crippen molar-refractivity contribution in [1.29, 1.82) is 0 Å². The zero-order valence-corrected chi connectivity index (χ0v) is 19.5. The molecule has 1 N–H and O–H groups in total. The molecule has 0 saturated heterocycles. The van der Waals surface area contributed by atoms with Crippen LogP contribution in [0.15, 0.2) is 57.1 Å². The predicted octanol–water partition coefficient (Wildman–Crippen LogP) is 4.28. The van der Waals surface area contributed by atoms with Crippen LogP contribution in [0.25, 0.3) is 20.7 Å². The topological polar surface area (TPSA) is 84.3 Å². The summed E-state index contributed by atoms with van der Waals surface area (Å²) in [6.45, 7) is 2.31. The number of anilines is 2. The first-order chi connectivity index (χ1) is 15.6. The van der Waals surface area contributed by atoms with E-state index < -0.39 is 0 Å². The molecular weight excluding hydrogens is 464 g/mol. The van der Waals surface area contributed by atoms with Crippen LogP contribution in [0.2, 0.25) is 0 Å².